The Morgan fingerprint density at radius 1 is 1.12 bits per heavy atom. The minimum atomic E-state index is 0.126. The molecule has 3 nitrogen and oxygen atoms in total. The number of anilines is 1. The Bertz CT molecular complexity index is 452. The van der Waals surface area contributed by atoms with Crippen LogP contribution in [0.25, 0.3) is 6.08 Å². The van der Waals surface area contributed by atoms with Gasteiger partial charge in [0.05, 0.1) is 0 Å². The highest BCUT2D eigenvalue weighted by Crippen LogP contribution is 2.16. The molecule has 0 aliphatic rings. The van der Waals surface area contributed by atoms with Crippen molar-refractivity contribution >= 4 is 11.8 Å². The van der Waals surface area contributed by atoms with Gasteiger partial charge in [-0.1, -0.05) is 12.1 Å². The average molecular weight is 225 g/mol. The number of hydrogen-bond acceptors (Lipinski definition) is 3. The van der Waals surface area contributed by atoms with Crippen LogP contribution in [0.15, 0.2) is 29.8 Å². The zero-order valence-electron chi connectivity index (χ0n) is 10.1. The van der Waals surface area contributed by atoms with E-state index in [1.54, 1.807) is 6.08 Å². The van der Waals surface area contributed by atoms with Gasteiger partial charge < -0.3 is 4.90 Å². The van der Waals surface area contributed by atoms with E-state index in [0.29, 0.717) is 0 Å². The summed E-state index contributed by atoms with van der Waals surface area (Å²) >= 11 is 0. The molecule has 1 aromatic carbocycles. The van der Waals surface area contributed by atoms with Gasteiger partial charge in [0.2, 0.25) is 0 Å². The molecular formula is C14H15N3. The molecule has 0 aliphatic carbocycles. The highest BCUT2D eigenvalue weighted by Gasteiger charge is 2.00. The van der Waals surface area contributed by atoms with E-state index in [1.165, 1.54) is 0 Å². The molecule has 86 valence electrons. The molecule has 0 heterocycles. The lowest BCUT2D eigenvalue weighted by atomic mass is 10.1. The lowest BCUT2D eigenvalue weighted by Crippen LogP contribution is -2.21. The summed E-state index contributed by atoms with van der Waals surface area (Å²) in [5.41, 5.74) is 2.15. The summed E-state index contributed by atoms with van der Waals surface area (Å²) in [5, 5.41) is 17.3. The van der Waals surface area contributed by atoms with E-state index >= 15 is 0 Å². The van der Waals surface area contributed by atoms with E-state index in [4.69, 9.17) is 10.5 Å². The molecule has 0 unspecified atom stereocenters. The molecule has 0 bridgehead atoms. The fraction of sp³-hybridized carbons (Fsp3) is 0.286. The Morgan fingerprint density at radius 2 is 1.65 bits per heavy atom. The lowest BCUT2D eigenvalue weighted by molar-refractivity contribution is 0.866. The number of nitriles is 2. The van der Waals surface area contributed by atoms with E-state index in [9.17, 15) is 0 Å². The van der Waals surface area contributed by atoms with Crippen LogP contribution in [-0.2, 0) is 0 Å². The minimum Gasteiger partial charge on any atom is -0.372 e. The molecule has 1 aromatic rings. The van der Waals surface area contributed by atoms with Crippen LogP contribution >= 0.6 is 0 Å². The van der Waals surface area contributed by atoms with Crippen molar-refractivity contribution in [1.82, 2.24) is 0 Å². The summed E-state index contributed by atoms with van der Waals surface area (Å²) in [5.74, 6) is 0. The molecule has 3 heteroatoms. The normalized spacial score (nSPS) is 8.94. The molecule has 0 amide bonds. The molecule has 0 saturated carbocycles. The smallest absolute Gasteiger partial charge is 0.130 e. The minimum absolute atomic E-state index is 0.126. The van der Waals surface area contributed by atoms with E-state index in [0.717, 1.165) is 24.3 Å². The second-order valence-electron chi connectivity index (χ2n) is 3.55. The Kier molecular flexibility index (Phi) is 4.78. The maximum absolute atomic E-state index is 8.66. The van der Waals surface area contributed by atoms with Crippen molar-refractivity contribution in [2.75, 3.05) is 18.0 Å². The molecular weight excluding hydrogens is 210 g/mol. The lowest BCUT2D eigenvalue weighted by Gasteiger charge is -2.20. The van der Waals surface area contributed by atoms with E-state index in [2.05, 4.69) is 18.7 Å². The first-order valence-electron chi connectivity index (χ1n) is 5.62. The van der Waals surface area contributed by atoms with Crippen LogP contribution in [-0.4, -0.2) is 13.1 Å². The zero-order chi connectivity index (χ0) is 12.7. The van der Waals surface area contributed by atoms with Gasteiger partial charge in [-0.15, -0.1) is 0 Å². The van der Waals surface area contributed by atoms with Gasteiger partial charge in [0.25, 0.3) is 0 Å². The van der Waals surface area contributed by atoms with Crippen molar-refractivity contribution in [2.45, 2.75) is 13.8 Å². The van der Waals surface area contributed by atoms with Crippen LogP contribution in [0.4, 0.5) is 5.69 Å². The second-order valence-corrected chi connectivity index (χ2v) is 3.55. The number of allylic oxidation sites excluding steroid dienone is 1. The number of benzene rings is 1. The van der Waals surface area contributed by atoms with Crippen LogP contribution in [0.1, 0.15) is 19.4 Å². The molecule has 0 radical (unpaired) electrons. The second kappa shape index (κ2) is 6.35. The maximum atomic E-state index is 8.66. The topological polar surface area (TPSA) is 50.8 Å². The third kappa shape index (κ3) is 3.36. The molecule has 0 spiro atoms. The molecule has 0 atom stereocenters. The van der Waals surface area contributed by atoms with Gasteiger partial charge in [0.1, 0.15) is 17.7 Å². The SMILES string of the molecule is CCN(CC)c1ccc(C=C(C#N)C#N)cc1. The van der Waals surface area contributed by atoms with E-state index in [1.807, 2.05) is 36.4 Å². The highest BCUT2D eigenvalue weighted by atomic mass is 15.1. The first-order valence-corrected chi connectivity index (χ1v) is 5.62. The Labute approximate surface area is 102 Å². The van der Waals surface area contributed by atoms with Crippen LogP contribution in [0.2, 0.25) is 0 Å². The monoisotopic (exact) mass is 225 g/mol. The van der Waals surface area contributed by atoms with Crippen molar-refractivity contribution in [3.8, 4) is 12.1 Å². The van der Waals surface area contributed by atoms with Gasteiger partial charge in [-0.25, -0.2) is 0 Å². The zero-order valence-corrected chi connectivity index (χ0v) is 10.1. The standard InChI is InChI=1S/C14H15N3/c1-3-17(4-2)14-7-5-12(6-8-14)9-13(10-15)11-16/h5-9H,3-4H2,1-2H3. The van der Waals surface area contributed by atoms with Gasteiger partial charge in [0, 0.05) is 18.8 Å². The fourth-order valence-corrected chi connectivity index (χ4v) is 1.63. The van der Waals surface area contributed by atoms with Gasteiger partial charge in [-0.3, -0.25) is 0 Å². The van der Waals surface area contributed by atoms with E-state index < -0.39 is 0 Å². The Morgan fingerprint density at radius 3 is 2.06 bits per heavy atom. The van der Waals surface area contributed by atoms with Gasteiger partial charge in [-0.2, -0.15) is 10.5 Å². The van der Waals surface area contributed by atoms with Gasteiger partial charge in [-0.05, 0) is 37.6 Å². The van der Waals surface area contributed by atoms with Crippen molar-refractivity contribution < 1.29 is 0 Å². The summed E-state index contributed by atoms with van der Waals surface area (Å²) in [6.45, 7) is 6.15. The largest absolute Gasteiger partial charge is 0.372 e. The Hall–Kier alpha value is -2.26. The number of rotatable bonds is 4. The highest BCUT2D eigenvalue weighted by molar-refractivity contribution is 5.63. The first-order chi connectivity index (χ1) is 8.24. The molecule has 0 aliphatic heterocycles. The van der Waals surface area contributed by atoms with Crippen LogP contribution in [0.3, 0.4) is 0 Å². The van der Waals surface area contributed by atoms with Crippen molar-refractivity contribution in [3.05, 3.63) is 35.4 Å². The summed E-state index contributed by atoms with van der Waals surface area (Å²) in [4.78, 5) is 2.24. The molecule has 1 rings (SSSR count). The van der Waals surface area contributed by atoms with Gasteiger partial charge >= 0.3 is 0 Å². The quantitative estimate of drug-likeness (QED) is 0.740. The van der Waals surface area contributed by atoms with Crippen LogP contribution in [0.5, 0.6) is 0 Å². The fourth-order valence-electron chi connectivity index (χ4n) is 1.63. The third-order valence-corrected chi connectivity index (χ3v) is 2.57. The van der Waals surface area contributed by atoms with Crippen molar-refractivity contribution in [2.24, 2.45) is 0 Å². The summed E-state index contributed by atoms with van der Waals surface area (Å²) < 4.78 is 0. The van der Waals surface area contributed by atoms with Crippen LogP contribution in [0, 0.1) is 22.7 Å². The summed E-state index contributed by atoms with van der Waals surface area (Å²) in [6, 6.07) is 11.5. The summed E-state index contributed by atoms with van der Waals surface area (Å²) in [6.07, 6.45) is 1.59. The van der Waals surface area contributed by atoms with Crippen molar-refractivity contribution in [3.63, 3.8) is 0 Å². The van der Waals surface area contributed by atoms with Gasteiger partial charge in [0.15, 0.2) is 0 Å². The third-order valence-electron chi connectivity index (χ3n) is 2.57. The Balaban J connectivity index is 2.94. The first kappa shape index (κ1) is 12.8. The predicted octanol–water partition coefficient (Wildman–Crippen LogP) is 2.96. The van der Waals surface area contributed by atoms with Crippen molar-refractivity contribution in [1.29, 1.82) is 10.5 Å². The maximum Gasteiger partial charge on any atom is 0.130 e. The number of hydrogen-bond donors (Lipinski definition) is 0. The van der Waals surface area contributed by atoms with Crippen LogP contribution < -0.4 is 4.90 Å². The molecule has 0 saturated heterocycles. The molecule has 0 aromatic heterocycles. The number of nitrogens with zero attached hydrogens (tertiary/aromatic N) is 3. The molecule has 17 heavy (non-hydrogen) atoms. The summed E-state index contributed by atoms with van der Waals surface area (Å²) in [7, 11) is 0. The molecule has 0 fully saturated rings. The predicted molar refractivity (Wildman–Crippen MR) is 69.2 cm³/mol. The van der Waals surface area contributed by atoms with E-state index in [-0.39, 0.29) is 5.57 Å². The molecule has 0 N–H and O–H groups in total. The average Bonchev–Trinajstić information content (AvgIpc) is 2.39.